The molecule has 2 aromatic carbocycles. The predicted octanol–water partition coefficient (Wildman–Crippen LogP) is 3.60. The first-order valence-electron chi connectivity index (χ1n) is 8.65. The highest BCUT2D eigenvalue weighted by atomic mass is 16.5. The van der Waals surface area contributed by atoms with Gasteiger partial charge >= 0.3 is 0 Å². The fourth-order valence-electron chi connectivity index (χ4n) is 2.43. The lowest BCUT2D eigenvalue weighted by Crippen LogP contribution is -2.22. The van der Waals surface area contributed by atoms with Crippen molar-refractivity contribution in [1.82, 2.24) is 10.2 Å². The first-order valence-corrected chi connectivity index (χ1v) is 8.65. The van der Waals surface area contributed by atoms with Crippen LogP contribution in [0.1, 0.15) is 40.9 Å². The summed E-state index contributed by atoms with van der Waals surface area (Å²) in [7, 11) is 4.10. The minimum atomic E-state index is -0.0614. The van der Waals surface area contributed by atoms with Crippen LogP contribution in [0.5, 0.6) is 0 Å². The van der Waals surface area contributed by atoms with Crippen molar-refractivity contribution in [1.29, 1.82) is 0 Å². The maximum Gasteiger partial charge on any atom is 0.251 e. The Hall–Kier alpha value is -2.17. The van der Waals surface area contributed by atoms with E-state index in [-0.39, 0.29) is 12.0 Å². The average molecular weight is 340 g/mol. The minimum absolute atomic E-state index is 0.0614. The van der Waals surface area contributed by atoms with Crippen molar-refractivity contribution >= 4 is 5.91 Å². The molecule has 0 saturated carbocycles. The van der Waals surface area contributed by atoms with Crippen molar-refractivity contribution in [2.75, 3.05) is 14.1 Å². The third kappa shape index (κ3) is 6.69. The number of amides is 1. The van der Waals surface area contributed by atoms with Gasteiger partial charge in [0.1, 0.15) is 0 Å². The van der Waals surface area contributed by atoms with Crippen molar-refractivity contribution in [2.45, 2.75) is 39.6 Å². The second-order valence-corrected chi connectivity index (χ2v) is 6.79. The maximum absolute atomic E-state index is 12.3. The van der Waals surface area contributed by atoms with Crippen molar-refractivity contribution < 1.29 is 9.53 Å². The van der Waals surface area contributed by atoms with Crippen molar-refractivity contribution in [2.24, 2.45) is 0 Å². The van der Waals surface area contributed by atoms with Gasteiger partial charge < -0.3 is 15.0 Å². The highest BCUT2D eigenvalue weighted by Gasteiger charge is 2.06. The third-order valence-electron chi connectivity index (χ3n) is 3.77. The van der Waals surface area contributed by atoms with E-state index in [0.29, 0.717) is 18.7 Å². The quantitative estimate of drug-likeness (QED) is 0.798. The number of nitrogens with zero attached hydrogens (tertiary/aromatic N) is 1. The molecule has 2 rings (SSSR count). The van der Waals surface area contributed by atoms with Gasteiger partial charge in [0.25, 0.3) is 5.91 Å². The molecule has 0 fully saturated rings. The van der Waals surface area contributed by atoms with E-state index in [1.165, 1.54) is 5.56 Å². The van der Waals surface area contributed by atoms with Crippen LogP contribution in [0.25, 0.3) is 0 Å². The van der Waals surface area contributed by atoms with Crippen LogP contribution in [0.15, 0.2) is 48.5 Å². The van der Waals surface area contributed by atoms with E-state index in [1.54, 1.807) is 0 Å². The number of ether oxygens (including phenoxy) is 1. The average Bonchev–Trinajstić information content (AvgIpc) is 2.59. The van der Waals surface area contributed by atoms with Gasteiger partial charge in [-0.1, -0.05) is 36.4 Å². The summed E-state index contributed by atoms with van der Waals surface area (Å²) in [6.45, 7) is 6.03. The van der Waals surface area contributed by atoms with Crippen LogP contribution in [-0.4, -0.2) is 31.0 Å². The van der Waals surface area contributed by atoms with Gasteiger partial charge in [0.05, 0.1) is 12.7 Å². The molecule has 25 heavy (non-hydrogen) atoms. The van der Waals surface area contributed by atoms with E-state index in [4.69, 9.17) is 4.74 Å². The summed E-state index contributed by atoms with van der Waals surface area (Å²) in [6, 6.07) is 15.9. The summed E-state index contributed by atoms with van der Waals surface area (Å²) in [4.78, 5) is 14.4. The fraction of sp³-hybridized carbons (Fsp3) is 0.381. The smallest absolute Gasteiger partial charge is 0.251 e. The molecule has 0 bridgehead atoms. The van der Waals surface area contributed by atoms with E-state index < -0.39 is 0 Å². The van der Waals surface area contributed by atoms with Gasteiger partial charge in [-0.25, -0.2) is 0 Å². The summed E-state index contributed by atoms with van der Waals surface area (Å²) in [5, 5.41) is 2.96. The number of carbonyl (C=O) groups is 1. The molecule has 1 N–H and O–H groups in total. The van der Waals surface area contributed by atoms with Gasteiger partial charge in [0.2, 0.25) is 0 Å². The van der Waals surface area contributed by atoms with Crippen LogP contribution in [0.2, 0.25) is 0 Å². The zero-order valence-corrected chi connectivity index (χ0v) is 15.6. The van der Waals surface area contributed by atoms with Gasteiger partial charge in [-0.05, 0) is 56.8 Å². The monoisotopic (exact) mass is 340 g/mol. The van der Waals surface area contributed by atoms with Gasteiger partial charge in [-0.2, -0.15) is 0 Å². The van der Waals surface area contributed by atoms with Crippen molar-refractivity contribution in [3.63, 3.8) is 0 Å². The molecule has 0 atom stereocenters. The van der Waals surface area contributed by atoms with Crippen LogP contribution in [-0.2, 0) is 24.4 Å². The second-order valence-electron chi connectivity index (χ2n) is 6.79. The van der Waals surface area contributed by atoms with E-state index in [1.807, 2.05) is 52.2 Å². The number of hydrogen-bond acceptors (Lipinski definition) is 3. The second kappa shape index (κ2) is 9.35. The molecule has 4 heteroatoms. The molecular formula is C21H28N2O2. The third-order valence-corrected chi connectivity index (χ3v) is 3.77. The van der Waals surface area contributed by atoms with Gasteiger partial charge in [-0.15, -0.1) is 0 Å². The maximum atomic E-state index is 12.3. The molecule has 0 aliphatic rings. The van der Waals surface area contributed by atoms with Crippen LogP contribution in [0.3, 0.4) is 0 Å². The Kier molecular flexibility index (Phi) is 7.16. The fourth-order valence-corrected chi connectivity index (χ4v) is 2.43. The molecule has 134 valence electrons. The number of benzene rings is 2. The standard InChI is InChI=1S/C21H28N2O2/c1-16(2)25-15-19-9-11-20(12-10-19)21(24)22-13-17-5-7-18(8-6-17)14-23(3)4/h5-12,16H,13-15H2,1-4H3,(H,22,24). The molecule has 0 unspecified atom stereocenters. The van der Waals surface area contributed by atoms with E-state index in [9.17, 15) is 4.79 Å². The summed E-state index contributed by atoms with van der Waals surface area (Å²) >= 11 is 0. The van der Waals surface area contributed by atoms with E-state index in [0.717, 1.165) is 17.7 Å². The Bertz CT molecular complexity index is 661. The molecule has 0 aliphatic heterocycles. The molecule has 4 nitrogen and oxygen atoms in total. The Morgan fingerprint density at radius 3 is 2.08 bits per heavy atom. The Labute approximate surface area is 150 Å². The molecule has 0 spiro atoms. The molecule has 0 saturated heterocycles. The molecular weight excluding hydrogens is 312 g/mol. The Morgan fingerprint density at radius 1 is 0.960 bits per heavy atom. The summed E-state index contributed by atoms with van der Waals surface area (Å²) in [6.07, 6.45) is 0.201. The van der Waals surface area contributed by atoms with Gasteiger partial charge in [-0.3, -0.25) is 4.79 Å². The van der Waals surface area contributed by atoms with Crippen LogP contribution in [0, 0.1) is 0 Å². The molecule has 0 radical (unpaired) electrons. The van der Waals surface area contributed by atoms with Crippen LogP contribution >= 0.6 is 0 Å². The lowest BCUT2D eigenvalue weighted by molar-refractivity contribution is 0.0657. The lowest BCUT2D eigenvalue weighted by atomic mass is 10.1. The first kappa shape index (κ1) is 19.2. The minimum Gasteiger partial charge on any atom is -0.374 e. The number of hydrogen-bond donors (Lipinski definition) is 1. The molecule has 1 amide bonds. The lowest BCUT2D eigenvalue weighted by Gasteiger charge is -2.11. The molecule has 0 aliphatic carbocycles. The highest BCUT2D eigenvalue weighted by molar-refractivity contribution is 5.94. The Morgan fingerprint density at radius 2 is 1.52 bits per heavy atom. The van der Waals surface area contributed by atoms with Crippen LogP contribution < -0.4 is 5.32 Å². The predicted molar refractivity (Wildman–Crippen MR) is 101 cm³/mol. The normalized spacial score (nSPS) is 11.1. The zero-order valence-electron chi connectivity index (χ0n) is 15.6. The number of rotatable bonds is 8. The molecule has 0 heterocycles. The van der Waals surface area contributed by atoms with Crippen molar-refractivity contribution in [3.05, 3.63) is 70.8 Å². The summed E-state index contributed by atoms with van der Waals surface area (Å²) in [5.41, 5.74) is 4.09. The SMILES string of the molecule is CC(C)OCc1ccc(C(=O)NCc2ccc(CN(C)C)cc2)cc1. The largest absolute Gasteiger partial charge is 0.374 e. The Balaban J connectivity index is 1.85. The first-order chi connectivity index (χ1) is 11.9. The van der Waals surface area contributed by atoms with E-state index >= 15 is 0 Å². The molecule has 2 aromatic rings. The van der Waals surface area contributed by atoms with Gasteiger partial charge in [0, 0.05) is 18.7 Å². The summed E-state index contributed by atoms with van der Waals surface area (Å²) in [5.74, 6) is -0.0614. The topological polar surface area (TPSA) is 41.6 Å². The zero-order chi connectivity index (χ0) is 18.2. The highest BCUT2D eigenvalue weighted by Crippen LogP contribution is 2.09. The summed E-state index contributed by atoms with van der Waals surface area (Å²) < 4.78 is 5.56. The van der Waals surface area contributed by atoms with Crippen molar-refractivity contribution in [3.8, 4) is 0 Å². The van der Waals surface area contributed by atoms with E-state index in [2.05, 4.69) is 34.5 Å². The number of nitrogens with one attached hydrogen (secondary N) is 1. The van der Waals surface area contributed by atoms with Gasteiger partial charge in [0.15, 0.2) is 0 Å². The molecule has 0 aromatic heterocycles. The van der Waals surface area contributed by atoms with Crippen LogP contribution in [0.4, 0.5) is 0 Å². The number of carbonyl (C=O) groups excluding carboxylic acids is 1.